The molecule has 0 saturated heterocycles. The third-order valence-corrected chi connectivity index (χ3v) is 7.33. The molecule has 0 saturated carbocycles. The predicted molar refractivity (Wildman–Crippen MR) is 61.0 cm³/mol. The van der Waals surface area contributed by atoms with Crippen molar-refractivity contribution in [2.45, 2.75) is 6.92 Å². The zero-order chi connectivity index (χ0) is 8.84. The normalized spacial score (nSPS) is 11.5. The van der Waals surface area contributed by atoms with Gasteiger partial charge in [-0.25, -0.2) is 0 Å². The van der Waals surface area contributed by atoms with E-state index in [-0.39, 0.29) is 20.4 Å². The summed E-state index contributed by atoms with van der Waals surface area (Å²) in [6.45, 7) is 2.23. The topological polar surface area (TPSA) is 0 Å². The van der Waals surface area contributed by atoms with E-state index in [0.717, 1.165) is 0 Å². The molecule has 1 aromatic carbocycles. The van der Waals surface area contributed by atoms with Gasteiger partial charge in [-0.3, -0.25) is 0 Å². The van der Waals surface area contributed by atoms with Crippen LogP contribution < -0.4 is 0 Å². The average Bonchev–Trinajstić information content (AvgIpc) is 2.66. The molecule has 0 radical (unpaired) electrons. The molecule has 3 aromatic rings. The molecule has 0 bridgehead atoms. The summed E-state index contributed by atoms with van der Waals surface area (Å²) in [7, 11) is 0. The van der Waals surface area contributed by atoms with Crippen molar-refractivity contribution in [3.8, 4) is 0 Å². The second-order valence-electron chi connectivity index (χ2n) is 3.18. The van der Waals surface area contributed by atoms with Gasteiger partial charge in [0.25, 0.3) is 0 Å². The monoisotopic (exact) mass is 302 g/mol. The fourth-order valence-corrected chi connectivity index (χ4v) is 6.80. The molecule has 0 aliphatic carbocycles. The molecule has 0 nitrogen and oxygen atoms in total. The van der Waals surface area contributed by atoms with E-state index < -0.39 is 0 Å². The maximum atomic E-state index is 2.30. The first-order chi connectivity index (χ1) is 6.36. The molecule has 0 unspecified atom stereocenters. The Morgan fingerprint density at radius 2 is 2.08 bits per heavy atom. The van der Waals surface area contributed by atoms with Crippen LogP contribution in [0.25, 0.3) is 16.9 Å². The van der Waals surface area contributed by atoms with Crippen molar-refractivity contribution < 1.29 is 0 Å². The Kier molecular flexibility index (Phi) is 1.77. The van der Waals surface area contributed by atoms with Gasteiger partial charge in [0.15, 0.2) is 0 Å². The Morgan fingerprint density at radius 3 is 3.00 bits per heavy atom. The second-order valence-corrected chi connectivity index (χ2v) is 7.87. The molecule has 0 spiro atoms. The number of hydrogen-bond donors (Lipinski definition) is 0. The molecule has 0 aliphatic rings. The zero-order valence-corrected chi connectivity index (χ0v) is 10.4. The van der Waals surface area contributed by atoms with Crippen LogP contribution in [-0.4, -0.2) is 20.4 Å². The fourth-order valence-electron chi connectivity index (χ4n) is 1.68. The summed E-state index contributed by atoms with van der Waals surface area (Å²) < 4.78 is 3.29. The van der Waals surface area contributed by atoms with Gasteiger partial charge in [-0.2, -0.15) is 0 Å². The van der Waals surface area contributed by atoms with Gasteiger partial charge in [0, 0.05) is 0 Å². The predicted octanol–water partition coefficient (Wildman–Crippen LogP) is 3.42. The van der Waals surface area contributed by atoms with Crippen molar-refractivity contribution in [3.05, 3.63) is 35.2 Å². The van der Waals surface area contributed by atoms with Crippen molar-refractivity contribution in [1.82, 2.24) is 0 Å². The quantitative estimate of drug-likeness (QED) is 0.558. The van der Waals surface area contributed by atoms with Crippen LogP contribution in [0.5, 0.6) is 0 Å². The van der Waals surface area contributed by atoms with Crippen molar-refractivity contribution in [2.24, 2.45) is 0 Å². The van der Waals surface area contributed by atoms with Gasteiger partial charge in [0.2, 0.25) is 0 Å². The minimum atomic E-state index is -0.0398. The molecular formula is C11H8STe. The van der Waals surface area contributed by atoms with Gasteiger partial charge < -0.3 is 0 Å². The van der Waals surface area contributed by atoms with Crippen LogP contribution in [0.4, 0.5) is 0 Å². The number of thiophene rings is 1. The first kappa shape index (κ1) is 8.05. The Morgan fingerprint density at radius 1 is 1.23 bits per heavy atom. The van der Waals surface area contributed by atoms with Gasteiger partial charge in [0.05, 0.1) is 0 Å². The zero-order valence-electron chi connectivity index (χ0n) is 7.20. The van der Waals surface area contributed by atoms with Crippen molar-refractivity contribution in [3.63, 3.8) is 0 Å². The van der Waals surface area contributed by atoms with Gasteiger partial charge in [-0.05, 0) is 0 Å². The summed E-state index contributed by atoms with van der Waals surface area (Å²) in [4.78, 5) is 0. The van der Waals surface area contributed by atoms with Crippen LogP contribution in [0.15, 0.2) is 29.6 Å². The van der Waals surface area contributed by atoms with E-state index in [2.05, 4.69) is 36.6 Å². The minimum absolute atomic E-state index is 0.0398. The summed E-state index contributed by atoms with van der Waals surface area (Å²) >= 11 is 1.91. The Bertz CT molecular complexity index is 574. The first-order valence-electron chi connectivity index (χ1n) is 4.21. The summed E-state index contributed by atoms with van der Waals surface area (Å²) in [5.74, 6) is 0. The molecule has 64 valence electrons. The van der Waals surface area contributed by atoms with E-state index in [1.807, 2.05) is 11.3 Å². The molecule has 0 atom stereocenters. The van der Waals surface area contributed by atoms with E-state index in [0.29, 0.717) is 0 Å². The maximum absolute atomic E-state index is 2.30. The molecule has 3 rings (SSSR count). The van der Waals surface area contributed by atoms with Crippen molar-refractivity contribution >= 4 is 48.7 Å². The summed E-state index contributed by atoms with van der Waals surface area (Å²) in [6, 6.07) is 8.88. The standard InChI is InChI=1S/C11H8STe/c1-7-6-12-11-10(7)8-4-2-3-5-9(8)13-11/h2-6H,1H3. The van der Waals surface area contributed by atoms with Gasteiger partial charge in [-0.15, -0.1) is 0 Å². The van der Waals surface area contributed by atoms with Crippen LogP contribution in [-0.2, 0) is 0 Å². The fraction of sp³-hybridized carbons (Fsp3) is 0.0909. The molecular weight excluding hydrogens is 292 g/mol. The molecule has 0 amide bonds. The number of aryl methyl sites for hydroxylation is 1. The SMILES string of the molecule is Cc1csc2[te]c3ccccc3c12. The summed E-state index contributed by atoms with van der Waals surface area (Å²) in [5, 5.41) is 5.37. The molecule has 0 N–H and O–H groups in total. The molecule has 2 aromatic heterocycles. The van der Waals surface area contributed by atoms with Crippen LogP contribution in [0.2, 0.25) is 0 Å². The number of rotatable bonds is 0. The Balaban J connectivity index is 2.66. The van der Waals surface area contributed by atoms with Gasteiger partial charge in [0.1, 0.15) is 0 Å². The van der Waals surface area contributed by atoms with E-state index in [1.165, 1.54) is 10.9 Å². The van der Waals surface area contributed by atoms with E-state index in [4.69, 9.17) is 0 Å². The molecule has 13 heavy (non-hydrogen) atoms. The average molecular weight is 300 g/mol. The third kappa shape index (κ3) is 1.10. The van der Waals surface area contributed by atoms with Gasteiger partial charge >= 0.3 is 90.8 Å². The molecule has 0 aliphatic heterocycles. The Labute approximate surface area is 90.4 Å². The van der Waals surface area contributed by atoms with E-state index in [9.17, 15) is 0 Å². The number of benzene rings is 1. The number of fused-ring (bicyclic) bond motifs is 3. The Hall–Kier alpha value is -0.290. The van der Waals surface area contributed by atoms with Crippen LogP contribution >= 0.6 is 11.3 Å². The number of hydrogen-bond acceptors (Lipinski definition) is 1. The molecule has 2 heterocycles. The van der Waals surface area contributed by atoms with Crippen LogP contribution in [0.3, 0.4) is 0 Å². The van der Waals surface area contributed by atoms with E-state index in [1.54, 1.807) is 11.5 Å². The second kappa shape index (κ2) is 2.85. The first-order valence-corrected chi connectivity index (χ1v) is 7.42. The van der Waals surface area contributed by atoms with Crippen molar-refractivity contribution in [1.29, 1.82) is 0 Å². The molecule has 0 fully saturated rings. The third-order valence-electron chi connectivity index (χ3n) is 2.30. The van der Waals surface area contributed by atoms with E-state index >= 15 is 0 Å². The van der Waals surface area contributed by atoms with Gasteiger partial charge in [-0.1, -0.05) is 0 Å². The van der Waals surface area contributed by atoms with Crippen LogP contribution in [0.1, 0.15) is 5.56 Å². The summed E-state index contributed by atoms with van der Waals surface area (Å²) in [6.07, 6.45) is 0. The molecule has 2 heteroatoms. The van der Waals surface area contributed by atoms with Crippen molar-refractivity contribution in [2.75, 3.05) is 0 Å². The van der Waals surface area contributed by atoms with Crippen LogP contribution in [0, 0.1) is 6.92 Å². The summed E-state index contributed by atoms with van der Waals surface area (Å²) in [5.41, 5.74) is 1.47.